The van der Waals surface area contributed by atoms with Crippen molar-refractivity contribution in [3.05, 3.63) is 63.7 Å². The number of hydrogen-bond acceptors (Lipinski definition) is 2. The normalized spacial score (nSPS) is 15.3. The van der Waals surface area contributed by atoms with Crippen molar-refractivity contribution < 1.29 is 9.84 Å². The van der Waals surface area contributed by atoms with Crippen LogP contribution in [0.3, 0.4) is 0 Å². The summed E-state index contributed by atoms with van der Waals surface area (Å²) in [6.07, 6.45) is 1.33. The topological polar surface area (TPSA) is 29.5 Å². The van der Waals surface area contributed by atoms with Crippen LogP contribution in [0.5, 0.6) is 5.75 Å². The first-order valence-electron chi connectivity index (χ1n) is 6.85. The molecule has 3 rings (SSSR count). The van der Waals surface area contributed by atoms with Gasteiger partial charge in [-0.3, -0.25) is 0 Å². The van der Waals surface area contributed by atoms with Crippen LogP contribution in [0.25, 0.3) is 0 Å². The Hall–Kier alpha value is -1.51. The zero-order valence-electron chi connectivity index (χ0n) is 11.4. The maximum Gasteiger partial charge on any atom is 0.128 e. The molecule has 1 unspecified atom stereocenters. The van der Waals surface area contributed by atoms with E-state index >= 15 is 0 Å². The first-order valence-corrected chi connectivity index (χ1v) is 7.22. The number of benzene rings is 2. The van der Waals surface area contributed by atoms with Crippen LogP contribution in [0.2, 0.25) is 5.02 Å². The second kappa shape index (κ2) is 5.47. The predicted molar refractivity (Wildman–Crippen MR) is 80.5 cm³/mol. The van der Waals surface area contributed by atoms with Crippen LogP contribution in [-0.2, 0) is 6.42 Å². The maximum absolute atomic E-state index is 10.7. The summed E-state index contributed by atoms with van der Waals surface area (Å²) >= 11 is 6.08. The van der Waals surface area contributed by atoms with Gasteiger partial charge in [0.25, 0.3) is 0 Å². The number of para-hydroxylation sites is 1. The molecule has 0 aliphatic carbocycles. The highest BCUT2D eigenvalue weighted by Gasteiger charge is 2.21. The van der Waals surface area contributed by atoms with Crippen molar-refractivity contribution >= 4 is 11.6 Å². The van der Waals surface area contributed by atoms with Crippen molar-refractivity contribution in [2.75, 3.05) is 6.61 Å². The quantitative estimate of drug-likeness (QED) is 0.903. The molecule has 3 heteroatoms. The zero-order valence-corrected chi connectivity index (χ0v) is 12.2. The fourth-order valence-electron chi connectivity index (χ4n) is 2.73. The first-order chi connectivity index (χ1) is 9.65. The van der Waals surface area contributed by atoms with Gasteiger partial charge < -0.3 is 9.84 Å². The molecule has 104 valence electrons. The molecule has 0 spiro atoms. The third-order valence-electron chi connectivity index (χ3n) is 3.64. The summed E-state index contributed by atoms with van der Waals surface area (Å²) in [6, 6.07) is 11.6. The average molecular weight is 289 g/mol. The molecule has 0 saturated heterocycles. The maximum atomic E-state index is 10.7. The minimum Gasteiger partial charge on any atom is -0.493 e. The van der Waals surface area contributed by atoms with E-state index in [1.807, 2.05) is 31.2 Å². The first kappa shape index (κ1) is 13.5. The average Bonchev–Trinajstić information content (AvgIpc) is 2.45. The van der Waals surface area contributed by atoms with Gasteiger partial charge in [0.2, 0.25) is 0 Å². The fourth-order valence-corrected chi connectivity index (χ4v) is 3.03. The summed E-state index contributed by atoms with van der Waals surface area (Å²) in [5, 5.41) is 11.3. The summed E-state index contributed by atoms with van der Waals surface area (Å²) < 4.78 is 5.76. The number of aryl methyl sites for hydroxylation is 2. The van der Waals surface area contributed by atoms with E-state index in [9.17, 15) is 5.11 Å². The molecular formula is C17H17ClO2. The lowest BCUT2D eigenvalue weighted by Gasteiger charge is -2.23. The van der Waals surface area contributed by atoms with Crippen molar-refractivity contribution in [1.82, 2.24) is 0 Å². The van der Waals surface area contributed by atoms with Crippen LogP contribution in [0, 0.1) is 6.92 Å². The van der Waals surface area contributed by atoms with Gasteiger partial charge in [0, 0.05) is 10.6 Å². The Morgan fingerprint density at radius 3 is 2.90 bits per heavy atom. The van der Waals surface area contributed by atoms with E-state index in [1.54, 1.807) is 6.07 Å². The summed E-state index contributed by atoms with van der Waals surface area (Å²) in [4.78, 5) is 0. The summed E-state index contributed by atoms with van der Waals surface area (Å²) in [7, 11) is 0. The third-order valence-corrected chi connectivity index (χ3v) is 3.86. The number of ether oxygens (including phenoxy) is 1. The summed E-state index contributed by atoms with van der Waals surface area (Å²) in [5.41, 5.74) is 3.84. The van der Waals surface area contributed by atoms with Gasteiger partial charge in [0.15, 0.2) is 0 Å². The third kappa shape index (κ3) is 2.54. The molecule has 1 N–H and O–H groups in total. The summed E-state index contributed by atoms with van der Waals surface area (Å²) in [5.74, 6) is 0.837. The number of rotatable bonds is 2. The van der Waals surface area contributed by atoms with E-state index < -0.39 is 6.10 Å². The van der Waals surface area contributed by atoms with Gasteiger partial charge in [-0.2, -0.15) is 0 Å². The van der Waals surface area contributed by atoms with Gasteiger partial charge >= 0.3 is 0 Å². The molecular weight excluding hydrogens is 272 g/mol. The number of aliphatic hydroxyl groups is 1. The molecule has 2 nitrogen and oxygen atoms in total. The highest BCUT2D eigenvalue weighted by molar-refractivity contribution is 6.30. The number of hydrogen-bond donors (Lipinski definition) is 1. The van der Waals surface area contributed by atoms with Crippen LogP contribution < -0.4 is 4.74 Å². The molecule has 0 radical (unpaired) electrons. The SMILES string of the molecule is Cc1cc(Cl)cc(C(O)c2cccc3c2OCCC3)c1. The smallest absolute Gasteiger partial charge is 0.128 e. The minimum absolute atomic E-state index is 0.643. The Balaban J connectivity index is 2.04. The second-order valence-electron chi connectivity index (χ2n) is 5.25. The van der Waals surface area contributed by atoms with Gasteiger partial charge in [0.05, 0.1) is 6.61 Å². The van der Waals surface area contributed by atoms with Gasteiger partial charge in [-0.25, -0.2) is 0 Å². The Morgan fingerprint density at radius 1 is 1.25 bits per heavy atom. The van der Waals surface area contributed by atoms with Crippen LogP contribution in [-0.4, -0.2) is 11.7 Å². The van der Waals surface area contributed by atoms with Crippen molar-refractivity contribution in [2.24, 2.45) is 0 Å². The standard InChI is InChI=1S/C17H17ClO2/c1-11-8-13(10-14(18)9-11)16(19)15-6-2-4-12-5-3-7-20-17(12)15/h2,4,6,8-10,16,19H,3,5,7H2,1H3. The van der Waals surface area contributed by atoms with E-state index in [0.29, 0.717) is 11.6 Å². The monoisotopic (exact) mass is 288 g/mol. The Morgan fingerprint density at radius 2 is 2.10 bits per heavy atom. The lowest BCUT2D eigenvalue weighted by Crippen LogP contribution is -2.12. The van der Waals surface area contributed by atoms with E-state index in [0.717, 1.165) is 35.3 Å². The molecule has 1 aliphatic heterocycles. The number of halogens is 1. The second-order valence-corrected chi connectivity index (χ2v) is 5.69. The van der Waals surface area contributed by atoms with E-state index in [4.69, 9.17) is 16.3 Å². The fraction of sp³-hybridized carbons (Fsp3) is 0.294. The molecule has 1 atom stereocenters. The zero-order chi connectivity index (χ0) is 14.1. The largest absolute Gasteiger partial charge is 0.493 e. The van der Waals surface area contributed by atoms with E-state index in [-0.39, 0.29) is 0 Å². The molecule has 20 heavy (non-hydrogen) atoms. The highest BCUT2D eigenvalue weighted by Crippen LogP contribution is 2.36. The molecule has 0 aromatic heterocycles. The van der Waals surface area contributed by atoms with E-state index in [1.165, 1.54) is 5.56 Å². The highest BCUT2D eigenvalue weighted by atomic mass is 35.5. The number of aliphatic hydroxyl groups excluding tert-OH is 1. The van der Waals surface area contributed by atoms with Gasteiger partial charge in [-0.05, 0) is 48.6 Å². The number of fused-ring (bicyclic) bond motifs is 1. The lowest BCUT2D eigenvalue weighted by molar-refractivity contribution is 0.206. The van der Waals surface area contributed by atoms with Crippen molar-refractivity contribution in [1.29, 1.82) is 0 Å². The minimum atomic E-state index is -0.708. The van der Waals surface area contributed by atoms with Crippen molar-refractivity contribution in [3.63, 3.8) is 0 Å². The van der Waals surface area contributed by atoms with Gasteiger partial charge in [0.1, 0.15) is 11.9 Å². The molecule has 1 heterocycles. The van der Waals surface area contributed by atoms with Gasteiger partial charge in [-0.15, -0.1) is 0 Å². The summed E-state index contributed by atoms with van der Waals surface area (Å²) in [6.45, 7) is 2.68. The van der Waals surface area contributed by atoms with Gasteiger partial charge in [-0.1, -0.05) is 35.9 Å². The molecule has 2 aromatic rings. The molecule has 0 amide bonds. The lowest BCUT2D eigenvalue weighted by atomic mass is 9.95. The molecule has 0 saturated carbocycles. The van der Waals surface area contributed by atoms with E-state index in [2.05, 4.69) is 6.07 Å². The van der Waals surface area contributed by atoms with Crippen molar-refractivity contribution in [2.45, 2.75) is 25.9 Å². The Kier molecular flexibility index (Phi) is 3.68. The molecule has 0 fully saturated rings. The molecule has 0 bridgehead atoms. The van der Waals surface area contributed by atoms with Crippen LogP contribution in [0.4, 0.5) is 0 Å². The Labute approximate surface area is 124 Å². The van der Waals surface area contributed by atoms with Crippen LogP contribution >= 0.6 is 11.6 Å². The van der Waals surface area contributed by atoms with Crippen LogP contribution in [0.1, 0.15) is 34.8 Å². The van der Waals surface area contributed by atoms with Crippen molar-refractivity contribution in [3.8, 4) is 5.75 Å². The molecule has 1 aliphatic rings. The Bertz CT molecular complexity index is 617. The molecule has 2 aromatic carbocycles. The predicted octanol–water partition coefficient (Wildman–Crippen LogP) is 4.06. The van der Waals surface area contributed by atoms with Crippen LogP contribution in [0.15, 0.2) is 36.4 Å².